The van der Waals surface area contributed by atoms with Crippen molar-refractivity contribution in [2.75, 3.05) is 0 Å². The lowest BCUT2D eigenvalue weighted by Crippen LogP contribution is -2.36. The van der Waals surface area contributed by atoms with Crippen LogP contribution in [0.4, 0.5) is 0 Å². The molecule has 0 heterocycles. The van der Waals surface area contributed by atoms with Crippen LogP contribution in [0, 0.1) is 11.3 Å². The highest BCUT2D eigenvalue weighted by Crippen LogP contribution is 2.52. The number of hydrogen-bond donors (Lipinski definition) is 1. The number of rotatable bonds is 1. The third kappa shape index (κ3) is 1.35. The average Bonchev–Trinajstić information content (AvgIpc) is 2.43. The Hall–Kier alpha value is -0.240. The van der Waals surface area contributed by atoms with Crippen molar-refractivity contribution in [1.29, 1.82) is 0 Å². The molecule has 0 saturated heterocycles. The van der Waals surface area contributed by atoms with E-state index in [0.717, 1.165) is 19.3 Å². The molecule has 1 nitrogen and oxygen atoms in total. The van der Waals surface area contributed by atoms with Crippen molar-refractivity contribution in [2.24, 2.45) is 11.3 Å². The van der Waals surface area contributed by atoms with Gasteiger partial charge in [0.1, 0.15) is 5.78 Å². The molecule has 0 aromatic rings. The summed E-state index contributed by atoms with van der Waals surface area (Å²) in [6.45, 7) is 4.36. The largest absolute Gasteiger partial charge is 0.299 e. The Balaban J connectivity index is 2.30. The van der Waals surface area contributed by atoms with Gasteiger partial charge >= 0.3 is 0 Å². The van der Waals surface area contributed by atoms with Crippen molar-refractivity contribution >= 4 is 18.4 Å². The fourth-order valence-electron chi connectivity index (χ4n) is 3.20. The standard InChI is InChI=1S/C12H18OS/c1-8(14)9-5-6-10-11(13)4-3-7-12(9,10)2/h5,8,10,14H,3-4,6-7H2,1-2H3/t8-,10?,12?/m1/s1. The predicted octanol–water partition coefficient (Wildman–Crippen LogP) is 3.01. The molecule has 3 atom stereocenters. The number of allylic oxidation sites excluding steroid dienone is 1. The Morgan fingerprint density at radius 2 is 2.36 bits per heavy atom. The first-order valence-electron chi connectivity index (χ1n) is 5.47. The van der Waals surface area contributed by atoms with Crippen LogP contribution in [-0.2, 0) is 4.79 Å². The van der Waals surface area contributed by atoms with Gasteiger partial charge in [-0.05, 0) is 31.6 Å². The zero-order valence-corrected chi connectivity index (χ0v) is 9.81. The van der Waals surface area contributed by atoms with E-state index in [1.807, 2.05) is 0 Å². The van der Waals surface area contributed by atoms with Gasteiger partial charge in [0.15, 0.2) is 0 Å². The molecule has 0 bridgehead atoms. The summed E-state index contributed by atoms with van der Waals surface area (Å²) in [7, 11) is 0. The summed E-state index contributed by atoms with van der Waals surface area (Å²) < 4.78 is 0. The Kier molecular flexibility index (Phi) is 2.50. The van der Waals surface area contributed by atoms with E-state index in [4.69, 9.17) is 0 Å². The Labute approximate surface area is 91.4 Å². The Morgan fingerprint density at radius 1 is 1.64 bits per heavy atom. The third-order valence-electron chi connectivity index (χ3n) is 3.96. The number of hydrogen-bond acceptors (Lipinski definition) is 2. The smallest absolute Gasteiger partial charge is 0.137 e. The summed E-state index contributed by atoms with van der Waals surface area (Å²) in [6.07, 6.45) is 6.23. The highest BCUT2D eigenvalue weighted by Gasteiger charge is 2.47. The molecule has 0 aliphatic heterocycles. The lowest BCUT2D eigenvalue weighted by atomic mass is 9.65. The summed E-state index contributed by atoms with van der Waals surface area (Å²) in [5.74, 6) is 0.736. The maximum atomic E-state index is 11.8. The lowest BCUT2D eigenvalue weighted by molar-refractivity contribution is -0.128. The number of Topliss-reactive ketones (excluding diaryl/α,β-unsaturated/α-hetero) is 1. The minimum absolute atomic E-state index is 0.135. The molecule has 0 aromatic carbocycles. The molecule has 2 unspecified atom stereocenters. The molecule has 0 amide bonds. The van der Waals surface area contributed by atoms with E-state index in [-0.39, 0.29) is 11.3 Å². The molecule has 0 aromatic heterocycles. The van der Waals surface area contributed by atoms with Crippen LogP contribution < -0.4 is 0 Å². The predicted molar refractivity (Wildman–Crippen MR) is 61.6 cm³/mol. The zero-order chi connectivity index (χ0) is 10.3. The molecule has 14 heavy (non-hydrogen) atoms. The highest BCUT2D eigenvalue weighted by atomic mass is 32.1. The van der Waals surface area contributed by atoms with Gasteiger partial charge in [-0.15, -0.1) is 0 Å². The second-order valence-corrected chi connectivity index (χ2v) is 5.64. The summed E-state index contributed by atoms with van der Waals surface area (Å²) >= 11 is 4.51. The summed E-state index contributed by atoms with van der Waals surface area (Å²) in [5.41, 5.74) is 1.54. The summed E-state index contributed by atoms with van der Waals surface area (Å²) in [4.78, 5) is 11.8. The van der Waals surface area contributed by atoms with Crippen molar-refractivity contribution < 1.29 is 4.79 Å². The van der Waals surface area contributed by atoms with E-state index >= 15 is 0 Å². The van der Waals surface area contributed by atoms with Crippen molar-refractivity contribution in [2.45, 2.75) is 44.8 Å². The van der Waals surface area contributed by atoms with Crippen LogP contribution in [0.3, 0.4) is 0 Å². The minimum Gasteiger partial charge on any atom is -0.299 e. The molecule has 1 saturated carbocycles. The molecule has 2 aliphatic rings. The molecule has 2 rings (SSSR count). The number of thiol groups is 1. The number of fused-ring (bicyclic) bond motifs is 1. The summed E-state index contributed by atoms with van der Waals surface area (Å²) in [6, 6.07) is 0. The van der Waals surface area contributed by atoms with Crippen LogP contribution in [-0.4, -0.2) is 11.0 Å². The van der Waals surface area contributed by atoms with Gasteiger partial charge in [-0.3, -0.25) is 4.79 Å². The minimum atomic E-state index is 0.135. The molecular formula is C12H18OS. The first-order valence-corrected chi connectivity index (χ1v) is 5.98. The van der Waals surface area contributed by atoms with Crippen molar-refractivity contribution in [3.63, 3.8) is 0 Å². The van der Waals surface area contributed by atoms with Gasteiger partial charge in [0.25, 0.3) is 0 Å². The van der Waals surface area contributed by atoms with Crippen molar-refractivity contribution in [3.05, 3.63) is 11.6 Å². The van der Waals surface area contributed by atoms with E-state index in [2.05, 4.69) is 32.6 Å². The Bertz CT molecular complexity index is 293. The van der Waals surface area contributed by atoms with E-state index in [0.29, 0.717) is 11.0 Å². The second-order valence-electron chi connectivity index (χ2n) is 4.86. The molecule has 78 valence electrons. The number of carbonyl (C=O) groups excluding carboxylic acids is 1. The highest BCUT2D eigenvalue weighted by molar-refractivity contribution is 7.81. The quantitative estimate of drug-likeness (QED) is 0.520. The van der Waals surface area contributed by atoms with E-state index in [1.165, 1.54) is 12.0 Å². The third-order valence-corrected chi connectivity index (χ3v) is 4.24. The first-order chi connectivity index (χ1) is 6.55. The Morgan fingerprint density at radius 3 is 3.00 bits per heavy atom. The molecule has 1 fully saturated rings. The van der Waals surface area contributed by atoms with E-state index in [1.54, 1.807) is 0 Å². The average molecular weight is 210 g/mol. The van der Waals surface area contributed by atoms with Gasteiger partial charge in [0, 0.05) is 17.6 Å². The molecule has 0 radical (unpaired) electrons. The number of ketones is 1. The van der Waals surface area contributed by atoms with Crippen molar-refractivity contribution in [3.8, 4) is 0 Å². The van der Waals surface area contributed by atoms with Gasteiger partial charge in [-0.25, -0.2) is 0 Å². The van der Waals surface area contributed by atoms with Crippen LogP contribution in [0.15, 0.2) is 11.6 Å². The SMILES string of the molecule is C[C@@H](S)C1=CCC2C(=O)CCCC12C. The van der Waals surface area contributed by atoms with Gasteiger partial charge in [0.05, 0.1) is 0 Å². The molecule has 2 heteroatoms. The maximum Gasteiger partial charge on any atom is 0.137 e. The topological polar surface area (TPSA) is 17.1 Å². The van der Waals surface area contributed by atoms with Crippen LogP contribution in [0.5, 0.6) is 0 Å². The van der Waals surface area contributed by atoms with Gasteiger partial charge < -0.3 is 0 Å². The van der Waals surface area contributed by atoms with E-state index < -0.39 is 0 Å². The van der Waals surface area contributed by atoms with Crippen LogP contribution in [0.2, 0.25) is 0 Å². The molecule has 2 aliphatic carbocycles. The van der Waals surface area contributed by atoms with E-state index in [9.17, 15) is 4.79 Å². The normalized spacial score (nSPS) is 39.2. The molecular weight excluding hydrogens is 192 g/mol. The van der Waals surface area contributed by atoms with Gasteiger partial charge in [0.2, 0.25) is 0 Å². The maximum absolute atomic E-state index is 11.8. The van der Waals surface area contributed by atoms with Crippen molar-refractivity contribution in [1.82, 2.24) is 0 Å². The van der Waals surface area contributed by atoms with Gasteiger partial charge in [-0.2, -0.15) is 12.6 Å². The van der Waals surface area contributed by atoms with Gasteiger partial charge in [-0.1, -0.05) is 18.6 Å². The first kappa shape index (κ1) is 10.3. The monoisotopic (exact) mass is 210 g/mol. The fraction of sp³-hybridized carbons (Fsp3) is 0.750. The lowest BCUT2D eigenvalue weighted by Gasteiger charge is -2.39. The fourth-order valence-corrected chi connectivity index (χ4v) is 3.60. The zero-order valence-electron chi connectivity index (χ0n) is 8.92. The van der Waals surface area contributed by atoms with Crippen LogP contribution >= 0.6 is 12.6 Å². The molecule has 0 spiro atoms. The number of carbonyl (C=O) groups is 1. The van der Waals surface area contributed by atoms with Crippen LogP contribution in [0.25, 0.3) is 0 Å². The van der Waals surface area contributed by atoms with Crippen LogP contribution in [0.1, 0.15) is 39.5 Å². The summed E-state index contributed by atoms with van der Waals surface area (Å²) in [5, 5.41) is 0.302. The molecule has 0 N–H and O–H groups in total. The second kappa shape index (κ2) is 3.41.